The van der Waals surface area contributed by atoms with Crippen LogP contribution in [0.5, 0.6) is 5.75 Å². The van der Waals surface area contributed by atoms with Gasteiger partial charge in [0.15, 0.2) is 11.6 Å². The van der Waals surface area contributed by atoms with Crippen molar-refractivity contribution >= 4 is 0 Å². The minimum absolute atomic E-state index is 0.0144. The molecule has 1 aromatic carbocycles. The Balaban J connectivity index is 2.93. The predicted molar refractivity (Wildman–Crippen MR) is 55.3 cm³/mol. The van der Waals surface area contributed by atoms with Gasteiger partial charge in [-0.2, -0.15) is 13.2 Å². The number of benzene rings is 1. The van der Waals surface area contributed by atoms with Crippen LogP contribution < -0.4 is 10.5 Å². The van der Waals surface area contributed by atoms with E-state index in [1.165, 1.54) is 19.2 Å². The minimum Gasteiger partial charge on any atom is -0.494 e. The standard InChI is InChI=1S/C11H13F4NO/c1-10(16,11(13,14)15)6-7-3-4-9(17-2)8(12)5-7/h3-5H,6,16H2,1-2H3. The molecule has 1 rings (SSSR count). The quantitative estimate of drug-likeness (QED) is 0.838. The Bertz CT molecular complexity index is 401. The number of alkyl halides is 3. The third kappa shape index (κ3) is 3.09. The maximum absolute atomic E-state index is 13.3. The summed E-state index contributed by atoms with van der Waals surface area (Å²) in [7, 11) is 1.28. The van der Waals surface area contributed by atoms with E-state index in [1.807, 2.05) is 0 Å². The molecule has 0 bridgehead atoms. The van der Waals surface area contributed by atoms with E-state index in [-0.39, 0.29) is 11.3 Å². The van der Waals surface area contributed by atoms with Crippen molar-refractivity contribution in [2.24, 2.45) is 5.73 Å². The largest absolute Gasteiger partial charge is 0.494 e. The molecule has 17 heavy (non-hydrogen) atoms. The molecule has 1 atom stereocenters. The van der Waals surface area contributed by atoms with Gasteiger partial charge in [0.05, 0.1) is 7.11 Å². The van der Waals surface area contributed by atoms with Crippen molar-refractivity contribution in [3.63, 3.8) is 0 Å². The van der Waals surface area contributed by atoms with Crippen molar-refractivity contribution in [3.8, 4) is 5.75 Å². The van der Waals surface area contributed by atoms with E-state index in [0.29, 0.717) is 0 Å². The summed E-state index contributed by atoms with van der Waals surface area (Å²) in [6.07, 6.45) is -5.03. The van der Waals surface area contributed by atoms with E-state index in [4.69, 9.17) is 5.73 Å². The molecular weight excluding hydrogens is 238 g/mol. The Morgan fingerprint density at radius 3 is 2.29 bits per heavy atom. The van der Waals surface area contributed by atoms with Crippen molar-refractivity contribution in [1.29, 1.82) is 0 Å². The molecule has 0 saturated carbocycles. The van der Waals surface area contributed by atoms with Crippen molar-refractivity contribution in [2.45, 2.75) is 25.1 Å². The van der Waals surface area contributed by atoms with Gasteiger partial charge in [0, 0.05) is 0 Å². The fourth-order valence-corrected chi connectivity index (χ4v) is 1.34. The van der Waals surface area contributed by atoms with Crippen LogP contribution in [0, 0.1) is 5.82 Å². The lowest BCUT2D eigenvalue weighted by molar-refractivity contribution is -0.180. The van der Waals surface area contributed by atoms with Gasteiger partial charge in [-0.1, -0.05) is 6.07 Å². The molecule has 0 heterocycles. The van der Waals surface area contributed by atoms with Gasteiger partial charge in [0.25, 0.3) is 0 Å². The zero-order valence-corrected chi connectivity index (χ0v) is 9.44. The van der Waals surface area contributed by atoms with E-state index >= 15 is 0 Å². The maximum atomic E-state index is 13.3. The first-order valence-electron chi connectivity index (χ1n) is 4.85. The normalized spacial score (nSPS) is 15.5. The monoisotopic (exact) mass is 251 g/mol. The van der Waals surface area contributed by atoms with Gasteiger partial charge in [-0.3, -0.25) is 0 Å². The lowest BCUT2D eigenvalue weighted by Gasteiger charge is -2.27. The molecule has 0 aromatic heterocycles. The van der Waals surface area contributed by atoms with E-state index in [0.717, 1.165) is 13.0 Å². The highest BCUT2D eigenvalue weighted by Gasteiger charge is 2.47. The lowest BCUT2D eigenvalue weighted by atomic mass is 9.93. The molecule has 6 heteroatoms. The second kappa shape index (κ2) is 4.52. The van der Waals surface area contributed by atoms with Crippen LogP contribution in [0.25, 0.3) is 0 Å². The minimum atomic E-state index is -4.54. The Morgan fingerprint density at radius 2 is 1.88 bits per heavy atom. The van der Waals surface area contributed by atoms with Crippen LogP contribution in [0.1, 0.15) is 12.5 Å². The number of hydrogen-bond acceptors (Lipinski definition) is 2. The Morgan fingerprint density at radius 1 is 1.29 bits per heavy atom. The van der Waals surface area contributed by atoms with E-state index in [9.17, 15) is 17.6 Å². The van der Waals surface area contributed by atoms with Gasteiger partial charge in [-0.05, 0) is 31.0 Å². The first-order valence-corrected chi connectivity index (χ1v) is 4.85. The Labute approximate surface area is 96.4 Å². The van der Waals surface area contributed by atoms with E-state index in [1.54, 1.807) is 0 Å². The average molecular weight is 251 g/mol. The highest BCUT2D eigenvalue weighted by atomic mass is 19.4. The van der Waals surface area contributed by atoms with Gasteiger partial charge in [0.2, 0.25) is 0 Å². The Hall–Kier alpha value is -1.30. The first kappa shape index (κ1) is 13.8. The van der Waals surface area contributed by atoms with Gasteiger partial charge < -0.3 is 10.5 Å². The summed E-state index contributed by atoms with van der Waals surface area (Å²) in [6.45, 7) is 0.870. The molecule has 2 nitrogen and oxygen atoms in total. The van der Waals surface area contributed by atoms with Crippen molar-refractivity contribution in [3.05, 3.63) is 29.6 Å². The number of halogens is 4. The van der Waals surface area contributed by atoms with Gasteiger partial charge >= 0.3 is 6.18 Å². The number of methoxy groups -OCH3 is 1. The molecule has 0 amide bonds. The van der Waals surface area contributed by atoms with Crippen molar-refractivity contribution < 1.29 is 22.3 Å². The van der Waals surface area contributed by atoms with Crippen LogP contribution in [0.2, 0.25) is 0 Å². The molecule has 2 N–H and O–H groups in total. The molecule has 1 aromatic rings. The predicted octanol–water partition coefficient (Wildman–Crippen LogP) is 2.66. The number of ether oxygens (including phenoxy) is 1. The second-order valence-electron chi connectivity index (χ2n) is 4.06. The van der Waals surface area contributed by atoms with Gasteiger partial charge in [-0.25, -0.2) is 4.39 Å². The SMILES string of the molecule is COc1ccc(CC(C)(N)C(F)(F)F)cc1F. The summed E-state index contributed by atoms with van der Waals surface area (Å²) in [5.74, 6) is -0.720. The molecule has 0 fully saturated rings. The van der Waals surface area contributed by atoms with Crippen LogP contribution in [0.3, 0.4) is 0 Å². The highest BCUT2D eigenvalue weighted by molar-refractivity contribution is 5.30. The average Bonchev–Trinajstić information content (AvgIpc) is 2.15. The molecule has 96 valence electrons. The Kier molecular flexibility index (Phi) is 3.66. The van der Waals surface area contributed by atoms with E-state index in [2.05, 4.69) is 4.74 Å². The summed E-state index contributed by atoms with van der Waals surface area (Å²) < 4.78 is 55.5. The second-order valence-corrected chi connectivity index (χ2v) is 4.06. The molecule has 0 spiro atoms. The summed E-state index contributed by atoms with van der Waals surface area (Å²) in [6, 6.07) is 3.63. The first-order chi connectivity index (χ1) is 7.67. The van der Waals surface area contributed by atoms with Crippen molar-refractivity contribution in [2.75, 3.05) is 7.11 Å². The molecule has 0 saturated heterocycles. The maximum Gasteiger partial charge on any atom is 0.406 e. The van der Waals surface area contributed by atoms with Gasteiger partial charge in [0.1, 0.15) is 5.54 Å². The molecule has 0 aliphatic heterocycles. The fourth-order valence-electron chi connectivity index (χ4n) is 1.34. The van der Waals surface area contributed by atoms with Crippen LogP contribution in [0.4, 0.5) is 17.6 Å². The van der Waals surface area contributed by atoms with Gasteiger partial charge in [-0.15, -0.1) is 0 Å². The smallest absolute Gasteiger partial charge is 0.406 e. The van der Waals surface area contributed by atoms with Crippen molar-refractivity contribution in [1.82, 2.24) is 0 Å². The third-order valence-corrected chi connectivity index (χ3v) is 2.44. The summed E-state index contributed by atoms with van der Waals surface area (Å²) in [5.41, 5.74) is 2.96. The molecule has 0 aliphatic rings. The fraction of sp³-hybridized carbons (Fsp3) is 0.455. The topological polar surface area (TPSA) is 35.2 Å². The summed E-state index contributed by atoms with van der Waals surface area (Å²) in [5, 5.41) is 0. The van der Waals surface area contributed by atoms with Crippen LogP contribution in [-0.4, -0.2) is 18.8 Å². The van der Waals surface area contributed by atoms with Crippen LogP contribution >= 0.6 is 0 Å². The third-order valence-electron chi connectivity index (χ3n) is 2.44. The summed E-state index contributed by atoms with van der Waals surface area (Å²) in [4.78, 5) is 0. The molecule has 0 radical (unpaired) electrons. The molecule has 1 unspecified atom stereocenters. The zero-order valence-electron chi connectivity index (χ0n) is 9.44. The highest BCUT2D eigenvalue weighted by Crippen LogP contribution is 2.31. The number of hydrogen-bond donors (Lipinski definition) is 1. The zero-order chi connectivity index (χ0) is 13.3. The number of nitrogens with two attached hydrogens (primary N) is 1. The van der Waals surface area contributed by atoms with Crippen LogP contribution in [-0.2, 0) is 6.42 Å². The van der Waals surface area contributed by atoms with E-state index < -0.39 is 24.0 Å². The number of rotatable bonds is 3. The lowest BCUT2D eigenvalue weighted by Crippen LogP contribution is -2.52. The summed E-state index contributed by atoms with van der Waals surface area (Å²) >= 11 is 0. The van der Waals surface area contributed by atoms with Crippen LogP contribution in [0.15, 0.2) is 18.2 Å². The molecular formula is C11H13F4NO. The molecule has 0 aliphatic carbocycles.